The molecular formula is C15H19N3O4. The van der Waals surface area contributed by atoms with Gasteiger partial charge in [0.2, 0.25) is 0 Å². The maximum atomic E-state index is 11.7. The number of hydrogen-bond acceptors (Lipinski definition) is 6. The molecular weight excluding hydrogens is 286 g/mol. The summed E-state index contributed by atoms with van der Waals surface area (Å²) in [4.78, 5) is 18.5. The molecule has 7 heteroatoms. The summed E-state index contributed by atoms with van der Waals surface area (Å²) < 4.78 is 15.6. The second-order valence-corrected chi connectivity index (χ2v) is 4.56. The Morgan fingerprint density at radius 1 is 1.27 bits per heavy atom. The van der Waals surface area contributed by atoms with Gasteiger partial charge in [0.1, 0.15) is 30.8 Å². The van der Waals surface area contributed by atoms with Crippen molar-refractivity contribution in [2.75, 3.05) is 20.3 Å². The van der Waals surface area contributed by atoms with Crippen LogP contribution in [0.4, 0.5) is 0 Å². The van der Waals surface area contributed by atoms with Crippen LogP contribution in [-0.4, -0.2) is 42.3 Å². The molecule has 0 radical (unpaired) electrons. The Kier molecular flexibility index (Phi) is 5.79. The molecule has 0 spiro atoms. The predicted octanol–water partition coefficient (Wildman–Crippen LogP) is 0.910. The molecule has 118 valence electrons. The van der Waals surface area contributed by atoms with Crippen LogP contribution >= 0.6 is 0 Å². The van der Waals surface area contributed by atoms with Crippen LogP contribution in [0.2, 0.25) is 0 Å². The number of ether oxygens (including phenoxy) is 3. The van der Waals surface area contributed by atoms with E-state index in [-0.39, 0.29) is 13.2 Å². The van der Waals surface area contributed by atoms with E-state index in [1.807, 2.05) is 0 Å². The fourth-order valence-electron chi connectivity index (χ4n) is 1.79. The normalized spacial score (nSPS) is 11.7. The van der Waals surface area contributed by atoms with Crippen molar-refractivity contribution < 1.29 is 19.0 Å². The number of imidazole rings is 1. The van der Waals surface area contributed by atoms with Crippen molar-refractivity contribution in [3.63, 3.8) is 0 Å². The summed E-state index contributed by atoms with van der Waals surface area (Å²) in [5.74, 6) is 0.960. The van der Waals surface area contributed by atoms with Crippen molar-refractivity contribution in [3.05, 3.63) is 42.5 Å². The van der Waals surface area contributed by atoms with Gasteiger partial charge in [-0.25, -0.2) is 4.98 Å². The van der Waals surface area contributed by atoms with E-state index in [0.29, 0.717) is 12.2 Å². The maximum Gasteiger partial charge on any atom is 0.323 e. The second kappa shape index (κ2) is 8.04. The lowest BCUT2D eigenvalue weighted by atomic mass is 10.2. The van der Waals surface area contributed by atoms with E-state index < -0.39 is 12.0 Å². The highest BCUT2D eigenvalue weighted by molar-refractivity contribution is 5.75. The summed E-state index contributed by atoms with van der Waals surface area (Å²) in [7, 11) is 1.60. The van der Waals surface area contributed by atoms with E-state index >= 15 is 0 Å². The molecule has 1 aromatic carbocycles. The number of hydrogen-bond donors (Lipinski definition) is 2. The molecule has 0 amide bonds. The molecule has 0 aliphatic heterocycles. The first kappa shape index (κ1) is 15.8. The fraction of sp³-hybridized carbons (Fsp3) is 0.333. The molecule has 2 rings (SSSR count). The maximum absolute atomic E-state index is 11.7. The SMILES string of the molecule is COc1ccc(OCCOC(=O)[C@@H](N)Cc2c[nH]cn2)cc1. The summed E-state index contributed by atoms with van der Waals surface area (Å²) in [5, 5.41) is 0. The highest BCUT2D eigenvalue weighted by atomic mass is 16.6. The summed E-state index contributed by atoms with van der Waals surface area (Å²) in [6, 6.07) is 6.42. The number of rotatable bonds is 8. The molecule has 0 fully saturated rings. The Hall–Kier alpha value is -2.54. The van der Waals surface area contributed by atoms with Crippen LogP contribution in [0.3, 0.4) is 0 Å². The highest BCUT2D eigenvalue weighted by Crippen LogP contribution is 2.16. The highest BCUT2D eigenvalue weighted by Gasteiger charge is 2.16. The third-order valence-electron chi connectivity index (χ3n) is 2.94. The number of benzene rings is 1. The average molecular weight is 305 g/mol. The minimum atomic E-state index is -0.732. The van der Waals surface area contributed by atoms with Gasteiger partial charge in [-0.15, -0.1) is 0 Å². The Morgan fingerprint density at radius 3 is 2.64 bits per heavy atom. The summed E-state index contributed by atoms with van der Waals surface area (Å²) in [6.07, 6.45) is 3.57. The topological polar surface area (TPSA) is 99.5 Å². The Balaban J connectivity index is 1.65. The van der Waals surface area contributed by atoms with Crippen molar-refractivity contribution in [3.8, 4) is 11.5 Å². The molecule has 0 aliphatic rings. The van der Waals surface area contributed by atoms with Crippen LogP contribution in [-0.2, 0) is 16.0 Å². The number of methoxy groups -OCH3 is 1. The first-order valence-corrected chi connectivity index (χ1v) is 6.86. The van der Waals surface area contributed by atoms with Crippen LogP contribution < -0.4 is 15.2 Å². The number of carbonyl (C=O) groups is 1. The fourth-order valence-corrected chi connectivity index (χ4v) is 1.79. The first-order chi connectivity index (χ1) is 10.7. The lowest BCUT2D eigenvalue weighted by Crippen LogP contribution is -2.35. The van der Waals surface area contributed by atoms with Crippen molar-refractivity contribution in [2.45, 2.75) is 12.5 Å². The second-order valence-electron chi connectivity index (χ2n) is 4.56. The number of nitrogens with zero attached hydrogens (tertiary/aromatic N) is 1. The van der Waals surface area contributed by atoms with Gasteiger partial charge in [-0.3, -0.25) is 4.79 Å². The van der Waals surface area contributed by atoms with Gasteiger partial charge in [0.15, 0.2) is 0 Å². The summed E-state index contributed by atoms with van der Waals surface area (Å²) >= 11 is 0. The number of H-pyrrole nitrogens is 1. The summed E-state index contributed by atoms with van der Waals surface area (Å²) in [6.45, 7) is 0.395. The Labute approximate surface area is 128 Å². The number of nitrogens with one attached hydrogen (secondary N) is 1. The van der Waals surface area contributed by atoms with Crippen LogP contribution in [0.15, 0.2) is 36.8 Å². The minimum absolute atomic E-state index is 0.138. The van der Waals surface area contributed by atoms with E-state index in [4.69, 9.17) is 19.9 Å². The number of esters is 1. The number of aromatic amines is 1. The van der Waals surface area contributed by atoms with Crippen LogP contribution in [0.25, 0.3) is 0 Å². The molecule has 7 nitrogen and oxygen atoms in total. The Bertz CT molecular complexity index is 569. The zero-order valence-electron chi connectivity index (χ0n) is 12.3. The molecule has 2 aromatic rings. The summed E-state index contributed by atoms with van der Waals surface area (Å²) in [5.41, 5.74) is 6.47. The minimum Gasteiger partial charge on any atom is -0.497 e. The van der Waals surface area contributed by atoms with Crippen LogP contribution in [0.5, 0.6) is 11.5 Å². The van der Waals surface area contributed by atoms with Crippen LogP contribution in [0, 0.1) is 0 Å². The number of carbonyl (C=O) groups excluding carboxylic acids is 1. The van der Waals surface area contributed by atoms with Crippen LogP contribution in [0.1, 0.15) is 5.69 Å². The molecule has 1 heterocycles. The Morgan fingerprint density at radius 2 is 2.00 bits per heavy atom. The molecule has 0 saturated carbocycles. The van der Waals surface area contributed by atoms with E-state index in [1.54, 1.807) is 37.6 Å². The number of aromatic nitrogens is 2. The van der Waals surface area contributed by atoms with E-state index in [9.17, 15) is 4.79 Å². The third kappa shape index (κ3) is 4.78. The zero-order chi connectivity index (χ0) is 15.8. The smallest absolute Gasteiger partial charge is 0.323 e. The van der Waals surface area contributed by atoms with Gasteiger partial charge < -0.3 is 24.9 Å². The van der Waals surface area contributed by atoms with Crippen molar-refractivity contribution in [1.82, 2.24) is 9.97 Å². The van der Waals surface area contributed by atoms with Gasteiger partial charge in [0, 0.05) is 12.6 Å². The molecule has 1 aromatic heterocycles. The van der Waals surface area contributed by atoms with Crippen molar-refractivity contribution in [2.24, 2.45) is 5.73 Å². The van der Waals surface area contributed by atoms with Gasteiger partial charge in [-0.2, -0.15) is 0 Å². The molecule has 22 heavy (non-hydrogen) atoms. The zero-order valence-corrected chi connectivity index (χ0v) is 12.3. The van der Waals surface area contributed by atoms with E-state index in [2.05, 4.69) is 9.97 Å². The van der Waals surface area contributed by atoms with Gasteiger partial charge in [-0.1, -0.05) is 0 Å². The predicted molar refractivity (Wildman–Crippen MR) is 79.7 cm³/mol. The standard InChI is InChI=1S/C15H19N3O4/c1-20-12-2-4-13(5-3-12)21-6-7-22-15(19)14(16)8-11-9-17-10-18-11/h2-5,9-10,14H,6-8,16H2,1H3,(H,17,18)/t14-/m0/s1. The van der Waals surface area contributed by atoms with Gasteiger partial charge >= 0.3 is 5.97 Å². The quantitative estimate of drug-likeness (QED) is 0.555. The lowest BCUT2D eigenvalue weighted by molar-refractivity contribution is -0.145. The molecule has 1 atom stereocenters. The third-order valence-corrected chi connectivity index (χ3v) is 2.94. The molecule has 3 N–H and O–H groups in total. The molecule has 0 bridgehead atoms. The van der Waals surface area contributed by atoms with Crippen molar-refractivity contribution >= 4 is 5.97 Å². The van der Waals surface area contributed by atoms with Gasteiger partial charge in [-0.05, 0) is 24.3 Å². The van der Waals surface area contributed by atoms with E-state index in [1.165, 1.54) is 6.33 Å². The average Bonchev–Trinajstić information content (AvgIpc) is 3.04. The molecule has 0 saturated heterocycles. The van der Waals surface area contributed by atoms with Gasteiger partial charge in [0.05, 0.1) is 19.1 Å². The monoisotopic (exact) mass is 305 g/mol. The van der Waals surface area contributed by atoms with Crippen molar-refractivity contribution in [1.29, 1.82) is 0 Å². The molecule has 0 aliphatic carbocycles. The van der Waals surface area contributed by atoms with Gasteiger partial charge in [0.25, 0.3) is 0 Å². The van der Waals surface area contributed by atoms with E-state index in [0.717, 1.165) is 11.4 Å². The first-order valence-electron chi connectivity index (χ1n) is 6.86. The number of nitrogens with two attached hydrogens (primary N) is 1. The molecule has 0 unspecified atom stereocenters. The largest absolute Gasteiger partial charge is 0.497 e. The lowest BCUT2D eigenvalue weighted by Gasteiger charge is -2.11.